The van der Waals surface area contributed by atoms with E-state index in [2.05, 4.69) is 0 Å². The Labute approximate surface area is 67.9 Å². The Hall–Kier alpha value is -0.120. The van der Waals surface area contributed by atoms with Crippen molar-refractivity contribution >= 4 is 0 Å². The summed E-state index contributed by atoms with van der Waals surface area (Å²) in [6.45, 7) is 2.33. The van der Waals surface area contributed by atoms with Crippen LogP contribution in [-0.4, -0.2) is 26.0 Å². The molecule has 0 amide bonds. The summed E-state index contributed by atoms with van der Waals surface area (Å²) in [6, 6.07) is 0. The summed E-state index contributed by atoms with van der Waals surface area (Å²) in [7, 11) is 0. The molecule has 0 spiro atoms. The lowest BCUT2D eigenvalue weighted by Gasteiger charge is -2.07. The molecule has 0 bridgehead atoms. The van der Waals surface area contributed by atoms with Gasteiger partial charge in [-0.15, -0.1) is 0 Å². The minimum absolute atomic E-state index is 0.0766. The van der Waals surface area contributed by atoms with Crippen molar-refractivity contribution in [1.82, 2.24) is 0 Å². The molecule has 0 saturated carbocycles. The number of ether oxygens (including phenoxy) is 2. The van der Waals surface area contributed by atoms with E-state index in [0.717, 1.165) is 32.6 Å². The minimum Gasteiger partial charge on any atom is -0.350 e. The molecule has 66 valence electrons. The van der Waals surface area contributed by atoms with Crippen molar-refractivity contribution in [3.05, 3.63) is 0 Å². The normalized spacial score (nSPS) is 19.4. The van der Waals surface area contributed by atoms with Crippen LogP contribution < -0.4 is 5.73 Å². The third-order valence-corrected chi connectivity index (χ3v) is 1.83. The molecule has 1 saturated heterocycles. The Morgan fingerprint density at radius 2 is 1.82 bits per heavy atom. The van der Waals surface area contributed by atoms with E-state index in [1.165, 1.54) is 12.8 Å². The van der Waals surface area contributed by atoms with E-state index in [1.54, 1.807) is 0 Å². The van der Waals surface area contributed by atoms with Crippen LogP contribution in [0.4, 0.5) is 0 Å². The van der Waals surface area contributed by atoms with Crippen LogP contribution in [0, 0.1) is 0 Å². The first-order valence-electron chi connectivity index (χ1n) is 4.37. The van der Waals surface area contributed by atoms with Crippen molar-refractivity contribution in [3.63, 3.8) is 0 Å². The van der Waals surface area contributed by atoms with Crippen LogP contribution >= 0.6 is 0 Å². The molecule has 0 unspecified atom stereocenters. The average Bonchev–Trinajstić information content (AvgIpc) is 2.50. The van der Waals surface area contributed by atoms with Gasteiger partial charge in [-0.25, -0.2) is 0 Å². The molecule has 1 heterocycles. The summed E-state index contributed by atoms with van der Waals surface area (Å²) >= 11 is 0. The molecular weight excluding hydrogens is 142 g/mol. The maximum Gasteiger partial charge on any atom is 0.157 e. The topological polar surface area (TPSA) is 44.5 Å². The molecule has 1 aliphatic rings. The maximum atomic E-state index is 5.36. The van der Waals surface area contributed by atoms with Crippen LogP contribution in [-0.2, 0) is 9.47 Å². The lowest BCUT2D eigenvalue weighted by Crippen LogP contribution is -2.07. The number of hydrogen-bond acceptors (Lipinski definition) is 3. The third kappa shape index (κ3) is 3.70. The molecule has 11 heavy (non-hydrogen) atoms. The highest BCUT2D eigenvalue weighted by Gasteiger charge is 2.14. The first-order chi connectivity index (χ1) is 5.43. The van der Waals surface area contributed by atoms with E-state index in [-0.39, 0.29) is 6.29 Å². The summed E-state index contributed by atoms with van der Waals surface area (Å²) in [5, 5.41) is 0. The van der Waals surface area contributed by atoms with Gasteiger partial charge in [0.1, 0.15) is 0 Å². The Balaban J connectivity index is 1.86. The highest BCUT2D eigenvalue weighted by atomic mass is 16.7. The molecule has 0 radical (unpaired) electrons. The molecule has 3 heteroatoms. The molecule has 0 aromatic carbocycles. The fraction of sp³-hybridized carbons (Fsp3) is 1.00. The molecule has 1 rings (SSSR count). The van der Waals surface area contributed by atoms with Gasteiger partial charge in [0, 0.05) is 0 Å². The zero-order valence-electron chi connectivity index (χ0n) is 6.92. The van der Waals surface area contributed by atoms with E-state index < -0.39 is 0 Å². The third-order valence-electron chi connectivity index (χ3n) is 1.83. The van der Waals surface area contributed by atoms with Gasteiger partial charge in [-0.05, 0) is 25.8 Å². The highest BCUT2D eigenvalue weighted by molar-refractivity contribution is 4.53. The zero-order chi connectivity index (χ0) is 7.94. The quantitative estimate of drug-likeness (QED) is 0.605. The van der Waals surface area contributed by atoms with E-state index in [1.807, 2.05) is 0 Å². The number of unbranched alkanes of at least 4 members (excludes halogenated alkanes) is 2. The Bertz CT molecular complexity index is 92.1. The molecule has 0 aromatic heterocycles. The van der Waals surface area contributed by atoms with Crippen LogP contribution in [0.25, 0.3) is 0 Å². The fourth-order valence-corrected chi connectivity index (χ4v) is 1.21. The van der Waals surface area contributed by atoms with E-state index >= 15 is 0 Å². The lowest BCUT2D eigenvalue weighted by molar-refractivity contribution is -0.0479. The zero-order valence-corrected chi connectivity index (χ0v) is 6.92. The second kappa shape index (κ2) is 5.52. The van der Waals surface area contributed by atoms with Crippen molar-refractivity contribution in [2.45, 2.75) is 32.0 Å². The van der Waals surface area contributed by atoms with Gasteiger partial charge in [0.25, 0.3) is 0 Å². The van der Waals surface area contributed by atoms with Gasteiger partial charge in [0.05, 0.1) is 13.2 Å². The lowest BCUT2D eigenvalue weighted by atomic mass is 10.2. The summed E-state index contributed by atoms with van der Waals surface area (Å²) in [5.41, 5.74) is 5.36. The smallest absolute Gasteiger partial charge is 0.157 e. The van der Waals surface area contributed by atoms with Crippen molar-refractivity contribution in [1.29, 1.82) is 0 Å². The molecule has 0 aliphatic carbocycles. The van der Waals surface area contributed by atoms with Crippen LogP contribution in [0.3, 0.4) is 0 Å². The van der Waals surface area contributed by atoms with Crippen LogP contribution in [0.15, 0.2) is 0 Å². The van der Waals surface area contributed by atoms with E-state index in [4.69, 9.17) is 15.2 Å². The molecule has 0 aromatic rings. The maximum absolute atomic E-state index is 5.36. The molecule has 3 nitrogen and oxygen atoms in total. The number of rotatable bonds is 5. The summed E-state index contributed by atoms with van der Waals surface area (Å²) in [4.78, 5) is 0. The highest BCUT2D eigenvalue weighted by Crippen LogP contribution is 2.11. The monoisotopic (exact) mass is 159 g/mol. The average molecular weight is 159 g/mol. The van der Waals surface area contributed by atoms with Gasteiger partial charge in [-0.2, -0.15) is 0 Å². The molecule has 1 aliphatic heterocycles. The fourth-order valence-electron chi connectivity index (χ4n) is 1.21. The van der Waals surface area contributed by atoms with Crippen molar-refractivity contribution in [2.24, 2.45) is 5.73 Å². The van der Waals surface area contributed by atoms with Gasteiger partial charge in [0.2, 0.25) is 0 Å². The number of nitrogens with two attached hydrogens (primary N) is 1. The van der Waals surface area contributed by atoms with Gasteiger partial charge >= 0.3 is 0 Å². The first kappa shape index (κ1) is 8.97. The standard InChI is InChI=1S/C8H17NO2/c9-5-3-1-2-4-8-10-6-7-11-8/h8H,1-7,9H2. The Morgan fingerprint density at radius 1 is 1.09 bits per heavy atom. The van der Waals surface area contributed by atoms with Crippen LogP contribution in [0.2, 0.25) is 0 Å². The van der Waals surface area contributed by atoms with Crippen molar-refractivity contribution in [2.75, 3.05) is 19.8 Å². The molecular formula is C8H17NO2. The Morgan fingerprint density at radius 3 is 2.45 bits per heavy atom. The van der Waals surface area contributed by atoms with Gasteiger partial charge in [-0.3, -0.25) is 0 Å². The van der Waals surface area contributed by atoms with Crippen LogP contribution in [0.1, 0.15) is 25.7 Å². The molecule has 0 atom stereocenters. The minimum atomic E-state index is 0.0766. The number of hydrogen-bond donors (Lipinski definition) is 1. The summed E-state index contributed by atoms with van der Waals surface area (Å²) in [5.74, 6) is 0. The summed E-state index contributed by atoms with van der Waals surface area (Å²) < 4.78 is 10.6. The van der Waals surface area contributed by atoms with Gasteiger partial charge in [0.15, 0.2) is 6.29 Å². The van der Waals surface area contributed by atoms with Crippen molar-refractivity contribution < 1.29 is 9.47 Å². The van der Waals surface area contributed by atoms with E-state index in [0.29, 0.717) is 0 Å². The predicted molar refractivity (Wildman–Crippen MR) is 43.2 cm³/mol. The van der Waals surface area contributed by atoms with Crippen LogP contribution in [0.5, 0.6) is 0 Å². The second-order valence-corrected chi connectivity index (χ2v) is 2.81. The van der Waals surface area contributed by atoms with E-state index in [9.17, 15) is 0 Å². The van der Waals surface area contributed by atoms with Crippen molar-refractivity contribution in [3.8, 4) is 0 Å². The largest absolute Gasteiger partial charge is 0.350 e. The van der Waals surface area contributed by atoms with Gasteiger partial charge < -0.3 is 15.2 Å². The molecule has 1 fully saturated rings. The first-order valence-corrected chi connectivity index (χ1v) is 4.37. The van der Waals surface area contributed by atoms with Gasteiger partial charge in [-0.1, -0.05) is 6.42 Å². The predicted octanol–water partition coefficient (Wildman–Crippen LogP) is 0.878. The SMILES string of the molecule is NCCCCCC1OCCO1. The Kier molecular flexibility index (Phi) is 4.50. The molecule has 2 N–H and O–H groups in total. The second-order valence-electron chi connectivity index (χ2n) is 2.81. The summed E-state index contributed by atoms with van der Waals surface area (Å²) in [6.07, 6.45) is 4.58.